The highest BCUT2D eigenvalue weighted by Crippen LogP contribution is 2.27. The summed E-state index contributed by atoms with van der Waals surface area (Å²) in [6.45, 7) is 3.71. The monoisotopic (exact) mass is 442 g/mol. The van der Waals surface area contributed by atoms with Crippen molar-refractivity contribution in [2.24, 2.45) is 11.8 Å². The Morgan fingerprint density at radius 3 is 2.41 bits per heavy atom. The molecule has 0 bridgehead atoms. The summed E-state index contributed by atoms with van der Waals surface area (Å²) in [4.78, 5) is 37.8. The SMILES string of the molecule is CC(C)C[C@H](C(=O)O)N(NC(=O)CC1CCCCC1)C(=O)c1cc(Cl)ccc1Cl. The number of rotatable bonds is 7. The molecule has 0 heterocycles. The van der Waals surface area contributed by atoms with E-state index in [4.69, 9.17) is 23.2 Å². The molecule has 1 saturated carbocycles. The van der Waals surface area contributed by atoms with E-state index in [0.29, 0.717) is 5.02 Å². The van der Waals surface area contributed by atoms with Crippen LogP contribution >= 0.6 is 23.2 Å². The van der Waals surface area contributed by atoms with E-state index in [1.807, 2.05) is 13.8 Å². The summed E-state index contributed by atoms with van der Waals surface area (Å²) in [5.74, 6) is -2.00. The van der Waals surface area contributed by atoms with Gasteiger partial charge < -0.3 is 5.11 Å². The van der Waals surface area contributed by atoms with Gasteiger partial charge in [-0.3, -0.25) is 15.0 Å². The fraction of sp³-hybridized carbons (Fsp3) is 0.571. The van der Waals surface area contributed by atoms with E-state index >= 15 is 0 Å². The van der Waals surface area contributed by atoms with Gasteiger partial charge in [0.25, 0.3) is 5.91 Å². The highest BCUT2D eigenvalue weighted by atomic mass is 35.5. The van der Waals surface area contributed by atoms with Crippen molar-refractivity contribution in [1.29, 1.82) is 0 Å². The van der Waals surface area contributed by atoms with Crippen LogP contribution in [0, 0.1) is 11.8 Å². The zero-order valence-electron chi connectivity index (χ0n) is 16.8. The van der Waals surface area contributed by atoms with Crippen LogP contribution in [0.25, 0.3) is 0 Å². The molecule has 1 aromatic carbocycles. The average molecular weight is 443 g/mol. The van der Waals surface area contributed by atoms with Gasteiger partial charge in [0.05, 0.1) is 10.6 Å². The maximum absolute atomic E-state index is 13.2. The predicted molar refractivity (Wildman–Crippen MR) is 113 cm³/mol. The Balaban J connectivity index is 2.28. The van der Waals surface area contributed by atoms with Crippen LogP contribution in [0.3, 0.4) is 0 Å². The lowest BCUT2D eigenvalue weighted by Gasteiger charge is -2.31. The minimum absolute atomic E-state index is 0.00326. The third-order valence-electron chi connectivity index (χ3n) is 5.11. The van der Waals surface area contributed by atoms with Crippen molar-refractivity contribution in [2.75, 3.05) is 0 Å². The van der Waals surface area contributed by atoms with E-state index in [1.165, 1.54) is 24.6 Å². The molecular formula is C21H28Cl2N2O4. The highest BCUT2D eigenvalue weighted by Gasteiger charge is 2.34. The van der Waals surface area contributed by atoms with Crippen LogP contribution in [-0.2, 0) is 9.59 Å². The summed E-state index contributed by atoms with van der Waals surface area (Å²) in [6, 6.07) is 3.17. The van der Waals surface area contributed by atoms with Gasteiger partial charge in [-0.2, -0.15) is 0 Å². The molecule has 0 radical (unpaired) electrons. The maximum Gasteiger partial charge on any atom is 0.328 e. The van der Waals surface area contributed by atoms with Gasteiger partial charge in [-0.15, -0.1) is 0 Å². The van der Waals surface area contributed by atoms with Gasteiger partial charge in [-0.1, -0.05) is 56.3 Å². The van der Waals surface area contributed by atoms with Crippen molar-refractivity contribution in [2.45, 2.75) is 64.8 Å². The van der Waals surface area contributed by atoms with Crippen LogP contribution in [0.15, 0.2) is 18.2 Å². The summed E-state index contributed by atoms with van der Waals surface area (Å²) in [7, 11) is 0. The lowest BCUT2D eigenvalue weighted by atomic mass is 9.87. The molecule has 2 N–H and O–H groups in total. The van der Waals surface area contributed by atoms with Crippen molar-refractivity contribution in [3.05, 3.63) is 33.8 Å². The molecule has 0 saturated heterocycles. The molecule has 6 nitrogen and oxygen atoms in total. The maximum atomic E-state index is 13.2. The first-order valence-electron chi connectivity index (χ1n) is 10.00. The molecule has 2 rings (SSSR count). The molecule has 1 atom stereocenters. The molecule has 1 fully saturated rings. The first kappa shape index (κ1) is 23.5. The topological polar surface area (TPSA) is 86.7 Å². The molecule has 160 valence electrons. The molecular weight excluding hydrogens is 415 g/mol. The van der Waals surface area contributed by atoms with Gasteiger partial charge in [0.1, 0.15) is 0 Å². The molecule has 29 heavy (non-hydrogen) atoms. The second-order valence-electron chi connectivity index (χ2n) is 8.03. The number of carboxylic acids is 1. The van der Waals surface area contributed by atoms with Gasteiger partial charge >= 0.3 is 5.97 Å². The Kier molecular flexibility index (Phi) is 8.78. The van der Waals surface area contributed by atoms with Crippen LogP contribution in [0.5, 0.6) is 0 Å². The third-order valence-corrected chi connectivity index (χ3v) is 5.68. The van der Waals surface area contributed by atoms with Crippen molar-refractivity contribution in [1.82, 2.24) is 10.4 Å². The fourth-order valence-corrected chi connectivity index (χ4v) is 4.03. The summed E-state index contributed by atoms with van der Waals surface area (Å²) in [6.07, 6.45) is 5.73. The number of amides is 2. The van der Waals surface area contributed by atoms with E-state index in [2.05, 4.69) is 5.43 Å². The van der Waals surface area contributed by atoms with E-state index in [1.54, 1.807) is 0 Å². The molecule has 2 amide bonds. The Morgan fingerprint density at radius 1 is 1.17 bits per heavy atom. The van der Waals surface area contributed by atoms with Gasteiger partial charge in [0.2, 0.25) is 5.91 Å². The van der Waals surface area contributed by atoms with Gasteiger partial charge in [-0.25, -0.2) is 9.80 Å². The molecule has 1 aromatic rings. The first-order valence-corrected chi connectivity index (χ1v) is 10.8. The van der Waals surface area contributed by atoms with Crippen LogP contribution < -0.4 is 5.43 Å². The number of aliphatic carboxylic acids is 1. The second kappa shape index (κ2) is 10.8. The third kappa shape index (κ3) is 6.89. The lowest BCUT2D eigenvalue weighted by Crippen LogP contribution is -2.55. The molecule has 0 spiro atoms. The first-order chi connectivity index (χ1) is 13.7. The number of carboxylic acid groups (broad SMARTS) is 1. The molecule has 1 aliphatic rings. The van der Waals surface area contributed by atoms with E-state index in [0.717, 1.165) is 30.7 Å². The summed E-state index contributed by atoms with van der Waals surface area (Å²) in [5, 5.41) is 11.1. The standard InChI is InChI=1S/C21H28Cl2N2O4/c1-13(2)10-18(21(28)29)25(20(27)16-12-15(22)8-9-17(16)23)24-19(26)11-14-6-4-3-5-7-14/h8-9,12-14,18H,3-7,10-11H2,1-2H3,(H,24,26)(H,28,29)/t18-/m1/s1. The zero-order valence-corrected chi connectivity index (χ0v) is 18.3. The highest BCUT2D eigenvalue weighted by molar-refractivity contribution is 6.35. The smallest absolute Gasteiger partial charge is 0.328 e. The van der Waals surface area contributed by atoms with E-state index in [-0.39, 0.29) is 41.2 Å². The molecule has 1 aliphatic carbocycles. The van der Waals surface area contributed by atoms with Crippen molar-refractivity contribution < 1.29 is 19.5 Å². The largest absolute Gasteiger partial charge is 0.480 e. The van der Waals surface area contributed by atoms with Crippen molar-refractivity contribution in [3.63, 3.8) is 0 Å². The number of hydrogen-bond acceptors (Lipinski definition) is 3. The van der Waals surface area contributed by atoms with Crippen LogP contribution in [-0.4, -0.2) is 33.9 Å². The average Bonchev–Trinajstić information content (AvgIpc) is 2.66. The fourth-order valence-electron chi connectivity index (χ4n) is 3.66. The minimum atomic E-state index is -1.21. The molecule has 0 unspecified atom stereocenters. The number of carbonyl (C=O) groups is 3. The van der Waals surface area contributed by atoms with Crippen molar-refractivity contribution >= 4 is 41.0 Å². The number of halogens is 2. The number of hydrogen-bond donors (Lipinski definition) is 2. The predicted octanol–water partition coefficient (Wildman–Crippen LogP) is 4.94. The van der Waals surface area contributed by atoms with Gasteiger partial charge in [0.15, 0.2) is 6.04 Å². The Hall–Kier alpha value is -1.79. The second-order valence-corrected chi connectivity index (χ2v) is 8.87. The number of nitrogens with zero attached hydrogens (tertiary/aromatic N) is 1. The molecule has 0 aliphatic heterocycles. The lowest BCUT2D eigenvalue weighted by molar-refractivity contribution is -0.145. The van der Waals surface area contributed by atoms with Crippen molar-refractivity contribution in [3.8, 4) is 0 Å². The summed E-state index contributed by atoms with van der Waals surface area (Å²) >= 11 is 12.1. The summed E-state index contributed by atoms with van der Waals surface area (Å²) in [5.41, 5.74) is 2.61. The van der Waals surface area contributed by atoms with Gasteiger partial charge in [0, 0.05) is 11.4 Å². The zero-order chi connectivity index (χ0) is 21.6. The quantitative estimate of drug-likeness (QED) is 0.585. The van der Waals surface area contributed by atoms with Gasteiger partial charge in [-0.05, 0) is 49.3 Å². The summed E-state index contributed by atoms with van der Waals surface area (Å²) < 4.78 is 0. The number of nitrogens with one attached hydrogen (secondary N) is 1. The number of carbonyl (C=O) groups excluding carboxylic acids is 2. The number of benzene rings is 1. The Morgan fingerprint density at radius 2 is 1.83 bits per heavy atom. The van der Waals surface area contributed by atoms with E-state index < -0.39 is 17.9 Å². The van der Waals surface area contributed by atoms with Crippen LogP contribution in [0.2, 0.25) is 10.0 Å². The molecule has 0 aromatic heterocycles. The normalized spacial score (nSPS) is 15.8. The Labute approximate surface area is 181 Å². The van der Waals surface area contributed by atoms with E-state index in [9.17, 15) is 19.5 Å². The van der Waals surface area contributed by atoms with Crippen LogP contribution in [0.1, 0.15) is 69.2 Å². The van der Waals surface area contributed by atoms with Crippen LogP contribution in [0.4, 0.5) is 0 Å². The molecule has 8 heteroatoms. The Bertz CT molecular complexity index is 748. The minimum Gasteiger partial charge on any atom is -0.480 e. The number of hydrazine groups is 1.